The molecule has 1 rings (SSSR count). The van der Waals surface area contributed by atoms with Crippen LogP contribution in [0.1, 0.15) is 19.4 Å². The fraction of sp³-hybridized carbons (Fsp3) is 0.400. The van der Waals surface area contributed by atoms with Crippen molar-refractivity contribution in [2.75, 3.05) is 7.11 Å². The molecule has 0 aliphatic heterocycles. The highest BCUT2D eigenvalue weighted by atomic mass is 35.5. The van der Waals surface area contributed by atoms with Gasteiger partial charge < -0.3 is 10.5 Å². The molecule has 78 valence electrons. The first-order valence-corrected chi connectivity index (χ1v) is 4.94. The standard InChI is InChI=1S/C10H13Cl2NO/c1-10(2,13)9-7(11)4-6(14-3)5-8(9)12/h4-5H,13H2,1-3H3. The van der Waals surface area contributed by atoms with Gasteiger partial charge in [0.2, 0.25) is 0 Å². The second kappa shape index (κ2) is 3.97. The van der Waals surface area contributed by atoms with Crippen LogP contribution < -0.4 is 10.5 Å². The van der Waals surface area contributed by atoms with E-state index in [1.54, 1.807) is 19.2 Å². The SMILES string of the molecule is COc1cc(Cl)c(C(C)(C)N)c(Cl)c1. The highest BCUT2D eigenvalue weighted by molar-refractivity contribution is 6.36. The number of rotatable bonds is 2. The van der Waals surface area contributed by atoms with Crippen LogP contribution in [0.15, 0.2) is 12.1 Å². The van der Waals surface area contributed by atoms with Gasteiger partial charge in [0.05, 0.1) is 17.2 Å². The smallest absolute Gasteiger partial charge is 0.121 e. The summed E-state index contributed by atoms with van der Waals surface area (Å²) in [5, 5.41) is 1.06. The fourth-order valence-electron chi connectivity index (χ4n) is 1.28. The molecule has 1 aromatic carbocycles. The second-order valence-electron chi connectivity index (χ2n) is 3.69. The van der Waals surface area contributed by atoms with Gasteiger partial charge in [-0.1, -0.05) is 23.2 Å². The van der Waals surface area contributed by atoms with Crippen molar-refractivity contribution in [3.63, 3.8) is 0 Å². The zero-order chi connectivity index (χ0) is 10.9. The zero-order valence-corrected chi connectivity index (χ0v) is 9.91. The molecule has 0 aliphatic rings. The van der Waals surface area contributed by atoms with E-state index >= 15 is 0 Å². The quantitative estimate of drug-likeness (QED) is 0.852. The van der Waals surface area contributed by atoms with E-state index in [1.807, 2.05) is 13.8 Å². The first-order valence-electron chi connectivity index (χ1n) is 4.18. The first-order chi connectivity index (χ1) is 6.36. The van der Waals surface area contributed by atoms with E-state index in [2.05, 4.69) is 0 Å². The summed E-state index contributed by atoms with van der Waals surface area (Å²) in [5.74, 6) is 0.632. The number of ether oxygens (including phenoxy) is 1. The van der Waals surface area contributed by atoms with Crippen LogP contribution in [0.2, 0.25) is 10.0 Å². The third-order valence-electron chi connectivity index (χ3n) is 1.90. The molecule has 0 bridgehead atoms. The van der Waals surface area contributed by atoms with Crippen LogP contribution in [0.3, 0.4) is 0 Å². The maximum atomic E-state index is 6.05. The van der Waals surface area contributed by atoms with Crippen molar-refractivity contribution in [1.82, 2.24) is 0 Å². The van der Waals surface area contributed by atoms with Crippen molar-refractivity contribution in [3.05, 3.63) is 27.7 Å². The van der Waals surface area contributed by atoms with Crippen molar-refractivity contribution in [2.24, 2.45) is 5.73 Å². The van der Waals surface area contributed by atoms with E-state index in [0.29, 0.717) is 15.8 Å². The third-order valence-corrected chi connectivity index (χ3v) is 2.49. The van der Waals surface area contributed by atoms with E-state index in [4.69, 9.17) is 33.7 Å². The molecule has 0 amide bonds. The number of halogens is 2. The van der Waals surface area contributed by atoms with Crippen LogP contribution in [0.25, 0.3) is 0 Å². The third kappa shape index (κ3) is 2.32. The average Bonchev–Trinajstić information content (AvgIpc) is 1.99. The molecule has 0 aromatic heterocycles. The van der Waals surface area contributed by atoms with Crippen LogP contribution in [-0.4, -0.2) is 7.11 Å². The number of nitrogens with two attached hydrogens (primary N) is 1. The molecule has 0 heterocycles. The Morgan fingerprint density at radius 1 is 1.21 bits per heavy atom. The highest BCUT2D eigenvalue weighted by Gasteiger charge is 2.22. The molecule has 0 spiro atoms. The minimum Gasteiger partial charge on any atom is -0.497 e. The molecule has 0 unspecified atom stereocenters. The molecule has 0 radical (unpaired) electrons. The number of hydrogen-bond donors (Lipinski definition) is 1. The van der Waals surface area contributed by atoms with Gasteiger partial charge in [-0.05, 0) is 26.0 Å². The summed E-state index contributed by atoms with van der Waals surface area (Å²) in [4.78, 5) is 0. The summed E-state index contributed by atoms with van der Waals surface area (Å²) in [6.07, 6.45) is 0. The van der Waals surface area contributed by atoms with E-state index < -0.39 is 5.54 Å². The van der Waals surface area contributed by atoms with Crippen LogP contribution in [-0.2, 0) is 5.54 Å². The Kier molecular flexibility index (Phi) is 3.30. The Labute approximate surface area is 94.0 Å². The van der Waals surface area contributed by atoms with Gasteiger partial charge in [0.1, 0.15) is 5.75 Å². The predicted octanol–water partition coefficient (Wildman–Crippen LogP) is 3.20. The zero-order valence-electron chi connectivity index (χ0n) is 8.40. The highest BCUT2D eigenvalue weighted by Crippen LogP contribution is 2.35. The summed E-state index contributed by atoms with van der Waals surface area (Å²) in [6.45, 7) is 3.71. The number of benzene rings is 1. The van der Waals surface area contributed by atoms with E-state index in [1.165, 1.54) is 0 Å². The van der Waals surface area contributed by atoms with Gasteiger partial charge in [-0.15, -0.1) is 0 Å². The first kappa shape index (κ1) is 11.6. The van der Waals surface area contributed by atoms with E-state index in [-0.39, 0.29) is 0 Å². The monoisotopic (exact) mass is 233 g/mol. The van der Waals surface area contributed by atoms with E-state index in [0.717, 1.165) is 5.56 Å². The summed E-state index contributed by atoms with van der Waals surface area (Å²) < 4.78 is 5.03. The van der Waals surface area contributed by atoms with Crippen LogP contribution in [0, 0.1) is 0 Å². The van der Waals surface area contributed by atoms with Gasteiger partial charge in [0.25, 0.3) is 0 Å². The van der Waals surface area contributed by atoms with Crippen molar-refractivity contribution in [1.29, 1.82) is 0 Å². The summed E-state index contributed by atoms with van der Waals surface area (Å²) >= 11 is 12.1. The molecule has 0 saturated heterocycles. The molecule has 4 heteroatoms. The van der Waals surface area contributed by atoms with Crippen molar-refractivity contribution < 1.29 is 4.74 Å². The largest absolute Gasteiger partial charge is 0.497 e. The van der Waals surface area contributed by atoms with Crippen LogP contribution in [0.5, 0.6) is 5.75 Å². The minimum absolute atomic E-state index is 0.529. The summed E-state index contributed by atoms with van der Waals surface area (Å²) in [7, 11) is 1.56. The lowest BCUT2D eigenvalue weighted by Gasteiger charge is -2.22. The van der Waals surface area contributed by atoms with Gasteiger partial charge in [0.15, 0.2) is 0 Å². The Balaban J connectivity index is 3.33. The topological polar surface area (TPSA) is 35.2 Å². The number of hydrogen-bond acceptors (Lipinski definition) is 2. The maximum Gasteiger partial charge on any atom is 0.121 e. The fourth-order valence-corrected chi connectivity index (χ4v) is 2.24. The van der Waals surface area contributed by atoms with Gasteiger partial charge in [-0.25, -0.2) is 0 Å². The normalized spacial score (nSPS) is 11.6. The van der Waals surface area contributed by atoms with Crippen molar-refractivity contribution in [3.8, 4) is 5.75 Å². The van der Waals surface area contributed by atoms with Crippen molar-refractivity contribution >= 4 is 23.2 Å². The second-order valence-corrected chi connectivity index (χ2v) is 4.50. The van der Waals surface area contributed by atoms with E-state index in [9.17, 15) is 0 Å². The molecule has 0 fully saturated rings. The molecule has 14 heavy (non-hydrogen) atoms. The van der Waals surface area contributed by atoms with Crippen molar-refractivity contribution in [2.45, 2.75) is 19.4 Å². The molecule has 1 aromatic rings. The summed E-state index contributed by atoms with van der Waals surface area (Å²) in [5.41, 5.74) is 6.12. The lowest BCUT2D eigenvalue weighted by atomic mass is 9.95. The van der Waals surface area contributed by atoms with Crippen LogP contribution in [0.4, 0.5) is 0 Å². The summed E-state index contributed by atoms with van der Waals surface area (Å²) in [6, 6.07) is 3.41. The Hall–Kier alpha value is -0.440. The molecular weight excluding hydrogens is 221 g/mol. The molecule has 0 aliphatic carbocycles. The lowest BCUT2D eigenvalue weighted by Crippen LogP contribution is -2.29. The maximum absolute atomic E-state index is 6.05. The Morgan fingerprint density at radius 3 is 1.93 bits per heavy atom. The minimum atomic E-state index is -0.555. The van der Waals surface area contributed by atoms with Gasteiger partial charge in [-0.3, -0.25) is 0 Å². The molecule has 0 saturated carbocycles. The molecule has 2 N–H and O–H groups in total. The Bertz CT molecular complexity index is 321. The van der Waals surface area contributed by atoms with Gasteiger partial charge >= 0.3 is 0 Å². The number of methoxy groups -OCH3 is 1. The van der Waals surface area contributed by atoms with Gasteiger partial charge in [-0.2, -0.15) is 0 Å². The van der Waals surface area contributed by atoms with Crippen LogP contribution >= 0.6 is 23.2 Å². The predicted molar refractivity (Wildman–Crippen MR) is 60.2 cm³/mol. The Morgan fingerprint density at radius 2 is 1.64 bits per heavy atom. The lowest BCUT2D eigenvalue weighted by molar-refractivity contribution is 0.414. The van der Waals surface area contributed by atoms with Gasteiger partial charge in [0, 0.05) is 11.1 Å². The average molecular weight is 234 g/mol. The molecule has 2 nitrogen and oxygen atoms in total. The molecular formula is C10H13Cl2NO. The molecule has 0 atom stereocenters.